The van der Waals surface area contributed by atoms with Crippen LogP contribution in [0.1, 0.15) is 34.7 Å². The number of nitrogens with zero attached hydrogens (tertiary/aromatic N) is 2. The number of hydrogen-bond acceptors (Lipinski definition) is 6. The number of carbonyl (C=O) groups excluding carboxylic acids is 1. The van der Waals surface area contributed by atoms with Crippen LogP contribution in [0.25, 0.3) is 0 Å². The summed E-state index contributed by atoms with van der Waals surface area (Å²) in [6.07, 6.45) is -4.76. The van der Waals surface area contributed by atoms with Crippen molar-refractivity contribution in [3.63, 3.8) is 0 Å². The van der Waals surface area contributed by atoms with E-state index in [1.54, 1.807) is 26.0 Å². The van der Waals surface area contributed by atoms with Crippen molar-refractivity contribution >= 4 is 17.3 Å². The van der Waals surface area contributed by atoms with Gasteiger partial charge in [0, 0.05) is 23.7 Å². The lowest BCUT2D eigenvalue weighted by Crippen LogP contribution is -2.29. The third-order valence-corrected chi connectivity index (χ3v) is 4.52. The number of carbonyl (C=O) groups is 1. The van der Waals surface area contributed by atoms with Gasteiger partial charge in [0.05, 0.1) is 5.71 Å². The first-order valence-corrected chi connectivity index (χ1v) is 9.52. The van der Waals surface area contributed by atoms with Crippen molar-refractivity contribution in [3.8, 4) is 5.75 Å². The van der Waals surface area contributed by atoms with Crippen LogP contribution in [0.3, 0.4) is 0 Å². The van der Waals surface area contributed by atoms with E-state index in [-0.39, 0.29) is 18.1 Å². The second-order valence-corrected chi connectivity index (χ2v) is 6.78. The Kier molecular flexibility index (Phi) is 8.22. The van der Waals surface area contributed by atoms with Crippen LogP contribution in [0, 0.1) is 13.8 Å². The van der Waals surface area contributed by atoms with Crippen LogP contribution in [0.15, 0.2) is 46.7 Å². The fraction of sp³-hybridized carbons (Fsp3) is 0.318. The molecule has 2 aromatic carbocycles. The highest BCUT2D eigenvalue weighted by molar-refractivity contribution is 6.45. The molecule has 0 aliphatic rings. The van der Waals surface area contributed by atoms with E-state index in [0.717, 1.165) is 5.56 Å². The van der Waals surface area contributed by atoms with Gasteiger partial charge in [0.25, 0.3) is 5.91 Å². The molecule has 0 fully saturated rings. The molecular weight excluding hydrogens is 427 g/mol. The minimum absolute atomic E-state index is 0.0351. The second-order valence-electron chi connectivity index (χ2n) is 6.78. The van der Waals surface area contributed by atoms with Crippen molar-refractivity contribution < 1.29 is 32.4 Å². The van der Waals surface area contributed by atoms with Gasteiger partial charge in [0.2, 0.25) is 0 Å². The van der Waals surface area contributed by atoms with Gasteiger partial charge in [0.15, 0.2) is 5.71 Å². The number of aryl methyl sites for hydroxylation is 2. The standard InChI is InChI=1S/C22H24F3N3O4/c1-13-7-6-8-18(20(28-30-5)21(29)26-4)19(13)12-31-27-15(3)17-10-9-16(11-14(17)2)32-22(23,24)25/h6-11H,12H2,1-5H3,(H,26,29)/b27-15+,28-20+. The summed E-state index contributed by atoms with van der Waals surface area (Å²) >= 11 is 0. The molecule has 0 aromatic heterocycles. The van der Waals surface area contributed by atoms with E-state index >= 15 is 0 Å². The fourth-order valence-corrected chi connectivity index (χ4v) is 3.02. The maximum atomic E-state index is 12.4. The molecule has 0 radical (unpaired) electrons. The first-order valence-electron chi connectivity index (χ1n) is 9.52. The van der Waals surface area contributed by atoms with Crippen LogP contribution in [-0.4, -0.2) is 37.9 Å². The van der Waals surface area contributed by atoms with Crippen molar-refractivity contribution in [2.24, 2.45) is 10.3 Å². The van der Waals surface area contributed by atoms with Crippen LogP contribution in [0.4, 0.5) is 13.2 Å². The number of alkyl halides is 3. The van der Waals surface area contributed by atoms with Gasteiger partial charge in [-0.3, -0.25) is 4.79 Å². The first-order chi connectivity index (χ1) is 15.1. The quantitative estimate of drug-likeness (QED) is 0.481. The predicted octanol–water partition coefficient (Wildman–Crippen LogP) is 4.24. The van der Waals surface area contributed by atoms with Gasteiger partial charge in [-0.25, -0.2) is 0 Å². The molecule has 7 nitrogen and oxygen atoms in total. The van der Waals surface area contributed by atoms with Crippen molar-refractivity contribution in [2.75, 3.05) is 14.2 Å². The molecule has 10 heteroatoms. The number of nitrogens with one attached hydrogen (secondary N) is 1. The summed E-state index contributed by atoms with van der Waals surface area (Å²) in [7, 11) is 2.83. The van der Waals surface area contributed by atoms with Crippen LogP contribution in [-0.2, 0) is 21.1 Å². The summed E-state index contributed by atoms with van der Waals surface area (Å²) < 4.78 is 41.1. The highest BCUT2D eigenvalue weighted by atomic mass is 19.4. The Labute approximate surface area is 183 Å². The molecule has 0 unspecified atom stereocenters. The van der Waals surface area contributed by atoms with E-state index < -0.39 is 12.3 Å². The summed E-state index contributed by atoms with van der Waals surface area (Å²) in [5.41, 5.74) is 3.78. The van der Waals surface area contributed by atoms with Gasteiger partial charge in [-0.2, -0.15) is 0 Å². The SMILES string of the molecule is CNC(=O)/C(=N/OC)c1cccc(C)c1CO/N=C(\C)c1ccc(OC(F)(F)F)cc1C. The zero-order chi connectivity index (χ0) is 23.9. The van der Waals surface area contributed by atoms with E-state index in [4.69, 9.17) is 9.68 Å². The van der Waals surface area contributed by atoms with Crippen LogP contribution < -0.4 is 10.1 Å². The molecule has 0 saturated heterocycles. The molecule has 0 saturated carbocycles. The smallest absolute Gasteiger partial charge is 0.406 e. The van der Waals surface area contributed by atoms with Crippen molar-refractivity contribution in [1.82, 2.24) is 5.32 Å². The number of oxime groups is 2. The predicted molar refractivity (Wildman–Crippen MR) is 114 cm³/mol. The van der Waals surface area contributed by atoms with Crippen LogP contribution in [0.5, 0.6) is 5.75 Å². The van der Waals surface area contributed by atoms with Gasteiger partial charge in [-0.05, 0) is 50.1 Å². The number of likely N-dealkylation sites (N-methyl/N-ethyl adjacent to an activating group) is 1. The maximum absolute atomic E-state index is 12.4. The third-order valence-electron chi connectivity index (χ3n) is 4.52. The van der Waals surface area contributed by atoms with Gasteiger partial charge in [-0.15, -0.1) is 13.2 Å². The highest BCUT2D eigenvalue weighted by Crippen LogP contribution is 2.25. The van der Waals surface area contributed by atoms with Crippen LogP contribution >= 0.6 is 0 Å². The molecule has 0 aliphatic carbocycles. The van der Waals surface area contributed by atoms with E-state index in [1.165, 1.54) is 32.4 Å². The molecule has 1 N–H and O–H groups in total. The lowest BCUT2D eigenvalue weighted by atomic mass is 9.98. The minimum atomic E-state index is -4.76. The summed E-state index contributed by atoms with van der Waals surface area (Å²) in [4.78, 5) is 22.5. The lowest BCUT2D eigenvalue weighted by molar-refractivity contribution is -0.274. The van der Waals surface area contributed by atoms with Gasteiger partial charge < -0.3 is 19.7 Å². The average molecular weight is 451 g/mol. The number of amides is 1. The summed E-state index contributed by atoms with van der Waals surface area (Å²) in [6, 6.07) is 9.33. The molecule has 2 rings (SSSR count). The first kappa shape index (κ1) is 24.7. The summed E-state index contributed by atoms with van der Waals surface area (Å²) in [5, 5.41) is 10.4. The Morgan fingerprint density at radius 3 is 2.38 bits per heavy atom. The van der Waals surface area contributed by atoms with Crippen molar-refractivity contribution in [3.05, 3.63) is 64.2 Å². The van der Waals surface area contributed by atoms with Crippen LogP contribution in [0.2, 0.25) is 0 Å². The normalized spacial score (nSPS) is 12.4. The number of rotatable bonds is 8. The topological polar surface area (TPSA) is 81.5 Å². The lowest BCUT2D eigenvalue weighted by Gasteiger charge is -2.13. The van der Waals surface area contributed by atoms with Crippen molar-refractivity contribution in [1.29, 1.82) is 0 Å². The molecular formula is C22H24F3N3O4. The van der Waals surface area contributed by atoms with Gasteiger partial charge in [0.1, 0.15) is 19.5 Å². The van der Waals surface area contributed by atoms with E-state index in [9.17, 15) is 18.0 Å². The summed E-state index contributed by atoms with van der Waals surface area (Å²) in [5.74, 6) is -0.730. The molecule has 1 amide bonds. The van der Waals surface area contributed by atoms with Crippen molar-refractivity contribution in [2.45, 2.75) is 33.7 Å². The highest BCUT2D eigenvalue weighted by Gasteiger charge is 2.31. The maximum Gasteiger partial charge on any atom is 0.573 e. The molecule has 172 valence electrons. The summed E-state index contributed by atoms with van der Waals surface area (Å²) in [6.45, 7) is 5.21. The zero-order valence-corrected chi connectivity index (χ0v) is 18.3. The van der Waals surface area contributed by atoms with E-state index in [2.05, 4.69) is 20.4 Å². The molecule has 0 atom stereocenters. The second kappa shape index (κ2) is 10.7. The Balaban J connectivity index is 2.24. The molecule has 0 heterocycles. The van der Waals surface area contributed by atoms with E-state index in [1.807, 2.05) is 13.0 Å². The fourth-order valence-electron chi connectivity index (χ4n) is 3.02. The molecule has 32 heavy (non-hydrogen) atoms. The Bertz CT molecular complexity index is 1030. The van der Waals surface area contributed by atoms with E-state index in [0.29, 0.717) is 28.0 Å². The molecule has 0 aliphatic heterocycles. The molecule has 0 bridgehead atoms. The number of halogens is 3. The Hall–Kier alpha value is -3.56. The monoisotopic (exact) mass is 451 g/mol. The number of benzene rings is 2. The zero-order valence-electron chi connectivity index (χ0n) is 18.3. The molecule has 0 spiro atoms. The number of ether oxygens (including phenoxy) is 1. The van der Waals surface area contributed by atoms with Gasteiger partial charge in [-0.1, -0.05) is 28.5 Å². The van der Waals surface area contributed by atoms with Gasteiger partial charge >= 0.3 is 6.36 Å². The molecule has 2 aromatic rings. The minimum Gasteiger partial charge on any atom is -0.406 e. The largest absolute Gasteiger partial charge is 0.573 e. The average Bonchev–Trinajstić information content (AvgIpc) is 2.71. The Morgan fingerprint density at radius 2 is 1.78 bits per heavy atom. The number of hydrogen-bond donors (Lipinski definition) is 1. The third kappa shape index (κ3) is 6.47. The Morgan fingerprint density at radius 1 is 1.06 bits per heavy atom.